The summed E-state index contributed by atoms with van der Waals surface area (Å²) in [5, 5.41) is 5.57. The number of esters is 5. The summed E-state index contributed by atoms with van der Waals surface area (Å²) >= 11 is 0. The summed E-state index contributed by atoms with van der Waals surface area (Å²) in [6, 6.07) is 0. The van der Waals surface area contributed by atoms with Gasteiger partial charge in [-0.2, -0.15) is 0 Å². The minimum atomic E-state index is -2.78. The van der Waals surface area contributed by atoms with Crippen molar-refractivity contribution in [3.05, 3.63) is 12.3 Å². The van der Waals surface area contributed by atoms with Crippen molar-refractivity contribution in [1.29, 1.82) is 0 Å². The predicted molar refractivity (Wildman–Crippen MR) is 305 cm³/mol. The third kappa shape index (κ3) is 24.7. The average Bonchev–Trinajstić information content (AvgIpc) is 2.66. The molecule has 2 amide bonds. The molecular formula is C57H92N10O20. The van der Waals surface area contributed by atoms with E-state index in [2.05, 4.69) is 31.9 Å². The molecule has 0 aromatic carbocycles. The number of nitrogens with one attached hydrogen (secondary N) is 2. The molecule has 0 aromatic rings. The SMILES string of the molecule is C.C=C1CN2CCN3CCN4CCN(CC2)CC(=O)OC(O1)(OC(=O)C3)OC(CNC(=O)CCC(=O)CC)C4.CCC(=O)COCCOCCCC(=O)CCC(=O)NCC1CN2CCN3CCN4CCN(CC2)CC(=O)OC(OC(=O)C4)(OC(=O)C3)O1. The van der Waals surface area contributed by atoms with Gasteiger partial charge in [-0.25, -0.2) is 0 Å². The first-order valence-electron chi connectivity index (χ1n) is 30.2. The maximum Gasteiger partial charge on any atom is 0.566 e. The van der Waals surface area contributed by atoms with E-state index in [0.717, 1.165) is 0 Å². The van der Waals surface area contributed by atoms with Gasteiger partial charge in [-0.3, -0.25) is 96.6 Å². The van der Waals surface area contributed by atoms with Crippen molar-refractivity contribution in [2.75, 3.05) is 197 Å². The Morgan fingerprint density at radius 3 is 1.15 bits per heavy atom. The lowest BCUT2D eigenvalue weighted by Gasteiger charge is -2.36. The average molecular weight is 1240 g/mol. The van der Waals surface area contributed by atoms with Crippen LogP contribution in [-0.2, 0) is 95.3 Å². The number of ketones is 3. The smallest absolute Gasteiger partial charge is 0.400 e. The number of carbonyl (C=O) groups is 10. The van der Waals surface area contributed by atoms with Crippen molar-refractivity contribution >= 4 is 59.0 Å². The summed E-state index contributed by atoms with van der Waals surface area (Å²) in [4.78, 5) is 142. The van der Waals surface area contributed by atoms with Gasteiger partial charge in [0.05, 0.1) is 64.7 Å². The Bertz CT molecular complexity index is 2250. The van der Waals surface area contributed by atoms with Gasteiger partial charge in [0.2, 0.25) is 11.8 Å². The molecule has 0 aromatic heterocycles. The van der Waals surface area contributed by atoms with Crippen LogP contribution in [0, 0.1) is 0 Å². The molecule has 0 saturated carbocycles. The third-order valence-electron chi connectivity index (χ3n) is 15.5. The fourth-order valence-corrected chi connectivity index (χ4v) is 10.6. The molecule has 10 bridgehead atoms. The van der Waals surface area contributed by atoms with Crippen molar-refractivity contribution in [2.45, 2.75) is 97.2 Å². The molecule has 8 aliphatic rings. The highest BCUT2D eigenvalue weighted by Gasteiger charge is 2.52. The number of carbonyl (C=O) groups excluding carboxylic acids is 10. The van der Waals surface area contributed by atoms with Crippen molar-refractivity contribution in [3.63, 3.8) is 0 Å². The van der Waals surface area contributed by atoms with E-state index >= 15 is 0 Å². The second-order valence-electron chi connectivity index (χ2n) is 22.4. The quantitative estimate of drug-likeness (QED) is 0.0887. The van der Waals surface area contributed by atoms with E-state index in [0.29, 0.717) is 157 Å². The van der Waals surface area contributed by atoms with Crippen LogP contribution in [-0.4, -0.2) is 319 Å². The number of rotatable bonds is 21. The predicted octanol–water partition coefficient (Wildman–Crippen LogP) is -2.49. The van der Waals surface area contributed by atoms with Crippen molar-refractivity contribution in [2.24, 2.45) is 0 Å². The Hall–Kier alpha value is -5.64. The number of hydrogen-bond donors (Lipinski definition) is 2. The Kier molecular flexibility index (Phi) is 28.8. The van der Waals surface area contributed by atoms with E-state index in [1.165, 1.54) is 0 Å². The minimum Gasteiger partial charge on any atom is -0.400 e. The zero-order valence-corrected chi connectivity index (χ0v) is 50.0. The van der Waals surface area contributed by atoms with E-state index in [1.54, 1.807) is 13.8 Å². The van der Waals surface area contributed by atoms with E-state index in [9.17, 15) is 47.9 Å². The van der Waals surface area contributed by atoms with Crippen LogP contribution in [0.15, 0.2) is 12.3 Å². The molecule has 2 N–H and O–H groups in total. The van der Waals surface area contributed by atoms with Crippen LogP contribution in [0.2, 0.25) is 0 Å². The molecule has 8 heterocycles. The van der Waals surface area contributed by atoms with Gasteiger partial charge in [0.25, 0.3) is 0 Å². The number of nitrogens with zero attached hydrogens (tertiary/aromatic N) is 8. The van der Waals surface area contributed by atoms with Crippen molar-refractivity contribution in [3.8, 4) is 0 Å². The van der Waals surface area contributed by atoms with Gasteiger partial charge in [0, 0.05) is 182 Å². The van der Waals surface area contributed by atoms with E-state index in [4.69, 9.17) is 47.4 Å². The molecule has 87 heavy (non-hydrogen) atoms. The maximum atomic E-state index is 13.1. The van der Waals surface area contributed by atoms with Crippen molar-refractivity contribution < 1.29 is 95.3 Å². The summed E-state index contributed by atoms with van der Waals surface area (Å²) in [7, 11) is 0. The standard InChI is InChI=1S/C31H49N5O12.C25H39N5O8.CH4/c1-2-24(37)23-44-17-16-43-15-3-4-25(38)5-6-27(39)32-18-26-19-33-7-9-34-11-13-36-14-12-35(10-8-33)21-29(41)47-31(45-26,46-28(40)20-34)48-30(42)22-36;1-3-20(31)4-5-22(32)26-14-21-16-28-8-12-29-10-6-27-7-11-30(13-9-28)18-24(34)38-25(36-21,35-19(2)15-27)37-23(33)17-29;/h26H,2-23H2,1H3,(H,32,39);21H,2-18H2,1H3,(H,26,32);1H4. The molecule has 8 saturated heterocycles. The topological polar surface area (TPSA) is 313 Å². The molecule has 0 aliphatic carbocycles. The summed E-state index contributed by atoms with van der Waals surface area (Å²) in [6.07, 6.45) is -5.23. The molecular weight excluding hydrogens is 1140 g/mol. The van der Waals surface area contributed by atoms with Crippen LogP contribution < -0.4 is 10.6 Å². The van der Waals surface area contributed by atoms with Crippen LogP contribution in [0.4, 0.5) is 0 Å². The van der Waals surface area contributed by atoms with Crippen LogP contribution in [0.3, 0.4) is 0 Å². The molecule has 6 unspecified atom stereocenters. The van der Waals surface area contributed by atoms with Gasteiger partial charge in [0.1, 0.15) is 23.9 Å². The number of ether oxygens (including phenoxy) is 10. The van der Waals surface area contributed by atoms with E-state index in [-0.39, 0.29) is 128 Å². The zero-order chi connectivity index (χ0) is 61.5. The van der Waals surface area contributed by atoms with Gasteiger partial charge in [-0.15, -0.1) is 0 Å². The fourth-order valence-electron chi connectivity index (χ4n) is 10.6. The molecule has 8 aliphatic heterocycles. The molecule has 8 fully saturated rings. The lowest BCUT2D eigenvalue weighted by atomic mass is 10.1. The normalized spacial score (nSPS) is 31.3. The van der Waals surface area contributed by atoms with Crippen LogP contribution in [0.1, 0.15) is 72.6 Å². The Morgan fingerprint density at radius 2 is 0.770 bits per heavy atom. The van der Waals surface area contributed by atoms with Gasteiger partial charge in [-0.05, 0) is 6.42 Å². The van der Waals surface area contributed by atoms with Crippen LogP contribution in [0.5, 0.6) is 0 Å². The Balaban J connectivity index is 0.000000282. The van der Waals surface area contributed by atoms with Gasteiger partial charge in [-0.1, -0.05) is 27.9 Å². The number of hydrogen-bond acceptors (Lipinski definition) is 28. The molecule has 8 rings (SSSR count). The van der Waals surface area contributed by atoms with Gasteiger partial charge >= 0.3 is 42.2 Å². The molecule has 30 nitrogen and oxygen atoms in total. The van der Waals surface area contributed by atoms with Gasteiger partial charge in [0.15, 0.2) is 5.78 Å². The van der Waals surface area contributed by atoms with E-state index in [1.807, 2.05) is 24.5 Å². The lowest BCUT2D eigenvalue weighted by Crippen LogP contribution is -2.54. The summed E-state index contributed by atoms with van der Waals surface area (Å²) in [6.45, 7) is 18.4. The minimum absolute atomic E-state index is 0. The number of amides is 2. The highest BCUT2D eigenvalue weighted by Crippen LogP contribution is 2.28. The summed E-state index contributed by atoms with van der Waals surface area (Å²) < 4.78 is 56.8. The first kappa shape index (κ1) is 70.4. The number of fused-ring (bicyclic) bond motifs is 24. The highest BCUT2D eigenvalue weighted by atomic mass is 17.0. The molecule has 30 heteroatoms. The Morgan fingerprint density at radius 1 is 0.437 bits per heavy atom. The Labute approximate surface area is 508 Å². The first-order chi connectivity index (χ1) is 41.3. The third-order valence-corrected chi connectivity index (χ3v) is 15.5. The second-order valence-corrected chi connectivity index (χ2v) is 22.4. The molecule has 490 valence electrons. The maximum absolute atomic E-state index is 13.1. The highest BCUT2D eigenvalue weighted by molar-refractivity contribution is 5.85. The number of Topliss-reactive ketones (excluding diaryl/α,β-unsaturated/α-hetero) is 3. The van der Waals surface area contributed by atoms with Gasteiger partial charge < -0.3 is 48.5 Å². The summed E-state index contributed by atoms with van der Waals surface area (Å²) in [5.74, 6) is -4.28. The molecule has 0 radical (unpaired) electrons. The molecule has 6 atom stereocenters. The first-order valence-corrected chi connectivity index (χ1v) is 30.2. The lowest BCUT2D eigenvalue weighted by molar-refractivity contribution is -0.465. The van der Waals surface area contributed by atoms with Crippen LogP contribution in [0.25, 0.3) is 0 Å². The summed E-state index contributed by atoms with van der Waals surface area (Å²) in [5.41, 5.74) is 0. The van der Waals surface area contributed by atoms with Crippen molar-refractivity contribution in [1.82, 2.24) is 49.8 Å². The monoisotopic (exact) mass is 1240 g/mol. The fraction of sp³-hybridized carbons (Fsp3) is 0.789. The molecule has 2 spiro atoms. The largest absolute Gasteiger partial charge is 0.566 e. The zero-order valence-electron chi connectivity index (χ0n) is 50.0. The van der Waals surface area contributed by atoms with Crippen LogP contribution >= 0.6 is 0 Å². The van der Waals surface area contributed by atoms with E-state index < -0.39 is 60.3 Å². The second kappa shape index (κ2) is 35.5.